The molecule has 2 aliphatic heterocycles. The van der Waals surface area contributed by atoms with Crippen molar-refractivity contribution in [1.82, 2.24) is 20.0 Å². The van der Waals surface area contributed by atoms with Gasteiger partial charge in [-0.2, -0.15) is 4.98 Å². The third-order valence-corrected chi connectivity index (χ3v) is 4.70. The van der Waals surface area contributed by atoms with Crippen molar-refractivity contribution in [2.45, 2.75) is 25.7 Å². The van der Waals surface area contributed by atoms with Crippen molar-refractivity contribution in [3.8, 4) is 11.4 Å². The van der Waals surface area contributed by atoms with E-state index in [1.54, 1.807) is 11.1 Å². The Morgan fingerprint density at radius 3 is 2.96 bits per heavy atom. The van der Waals surface area contributed by atoms with E-state index >= 15 is 0 Å². The Kier molecular flexibility index (Phi) is 3.65. The van der Waals surface area contributed by atoms with Gasteiger partial charge in [-0.15, -0.1) is 0 Å². The molecule has 2 aromatic rings. The molecule has 1 amide bonds. The third kappa shape index (κ3) is 2.55. The first kappa shape index (κ1) is 14.4. The molecule has 8 heteroatoms. The molecular weight excluding hydrogens is 318 g/mol. The number of piperidine rings is 1. The molecule has 1 fully saturated rings. The number of rotatable bonds is 2. The average Bonchev–Trinajstić information content (AvgIpc) is 3.25. The lowest BCUT2D eigenvalue weighted by atomic mass is 10.1. The second kappa shape index (κ2) is 5.81. The maximum absolute atomic E-state index is 12.4. The standard InChI is InChI=1S/C15H16ClN5O2/c16-11-9-4-5-17-12(9)18-8-10(11)13-19-14(23-20-13)15(22)21-6-2-1-3-7-21/h8H,1-7H2,(H,17,18). The predicted octanol–water partition coefficient (Wildman–Crippen LogP) is 2.38. The summed E-state index contributed by atoms with van der Waals surface area (Å²) in [5.41, 5.74) is 1.55. The summed E-state index contributed by atoms with van der Waals surface area (Å²) in [5, 5.41) is 7.64. The number of carbonyl (C=O) groups excluding carboxylic acids is 1. The van der Waals surface area contributed by atoms with Gasteiger partial charge in [0.25, 0.3) is 0 Å². The Hall–Kier alpha value is -2.15. The van der Waals surface area contributed by atoms with Crippen LogP contribution in [0.5, 0.6) is 0 Å². The molecule has 0 bridgehead atoms. The van der Waals surface area contributed by atoms with E-state index in [2.05, 4.69) is 20.4 Å². The first-order valence-corrected chi connectivity index (χ1v) is 8.16. The summed E-state index contributed by atoms with van der Waals surface area (Å²) in [7, 11) is 0. The lowest BCUT2D eigenvalue weighted by molar-refractivity contribution is 0.0674. The fourth-order valence-corrected chi connectivity index (χ4v) is 3.34. The summed E-state index contributed by atoms with van der Waals surface area (Å²) in [6.07, 6.45) is 5.61. The lowest BCUT2D eigenvalue weighted by Gasteiger charge is -2.24. The first-order chi connectivity index (χ1) is 11.2. The maximum atomic E-state index is 12.4. The van der Waals surface area contributed by atoms with Gasteiger partial charge in [0.05, 0.1) is 10.6 Å². The molecule has 0 aliphatic carbocycles. The van der Waals surface area contributed by atoms with Gasteiger partial charge in [-0.3, -0.25) is 4.79 Å². The molecule has 7 nitrogen and oxygen atoms in total. The van der Waals surface area contributed by atoms with E-state index in [-0.39, 0.29) is 11.8 Å². The fourth-order valence-electron chi connectivity index (χ4n) is 3.02. The number of likely N-dealkylation sites (tertiary alicyclic amines) is 1. The van der Waals surface area contributed by atoms with Crippen molar-refractivity contribution < 1.29 is 9.32 Å². The van der Waals surface area contributed by atoms with Gasteiger partial charge in [0.15, 0.2) is 0 Å². The quantitative estimate of drug-likeness (QED) is 0.908. The van der Waals surface area contributed by atoms with Crippen LogP contribution in [0.2, 0.25) is 5.02 Å². The maximum Gasteiger partial charge on any atom is 0.316 e. The minimum Gasteiger partial charge on any atom is -0.369 e. The Balaban J connectivity index is 1.62. The third-order valence-electron chi connectivity index (χ3n) is 4.27. The van der Waals surface area contributed by atoms with Crippen LogP contribution in [0.1, 0.15) is 35.5 Å². The van der Waals surface area contributed by atoms with Crippen molar-refractivity contribution in [3.05, 3.63) is 22.7 Å². The van der Waals surface area contributed by atoms with Crippen LogP contribution in [-0.2, 0) is 6.42 Å². The number of anilines is 1. The summed E-state index contributed by atoms with van der Waals surface area (Å²) >= 11 is 6.43. The van der Waals surface area contributed by atoms with Crippen molar-refractivity contribution in [2.24, 2.45) is 0 Å². The number of nitrogens with zero attached hydrogens (tertiary/aromatic N) is 4. The van der Waals surface area contributed by atoms with Crippen LogP contribution >= 0.6 is 11.6 Å². The highest BCUT2D eigenvalue weighted by Crippen LogP contribution is 2.34. The molecule has 0 aromatic carbocycles. The number of hydrogen-bond acceptors (Lipinski definition) is 6. The van der Waals surface area contributed by atoms with Gasteiger partial charge in [-0.05, 0) is 25.7 Å². The molecule has 0 unspecified atom stereocenters. The zero-order valence-corrected chi connectivity index (χ0v) is 13.3. The van der Waals surface area contributed by atoms with Gasteiger partial charge < -0.3 is 14.7 Å². The van der Waals surface area contributed by atoms with Crippen LogP contribution < -0.4 is 5.32 Å². The van der Waals surface area contributed by atoms with E-state index in [4.69, 9.17) is 16.1 Å². The molecule has 0 saturated carbocycles. The molecule has 4 heterocycles. The summed E-state index contributed by atoms with van der Waals surface area (Å²) < 4.78 is 5.15. The number of nitrogens with one attached hydrogen (secondary N) is 1. The van der Waals surface area contributed by atoms with Crippen LogP contribution in [0.4, 0.5) is 5.82 Å². The SMILES string of the molecule is O=C(c1nc(-c2cnc3c(c2Cl)CCN3)no1)N1CCCCC1. The van der Waals surface area contributed by atoms with E-state index in [9.17, 15) is 4.79 Å². The van der Waals surface area contributed by atoms with Gasteiger partial charge in [0.2, 0.25) is 5.82 Å². The number of pyridine rings is 1. The van der Waals surface area contributed by atoms with Crippen LogP contribution in [-0.4, -0.2) is 45.6 Å². The number of halogens is 1. The highest BCUT2D eigenvalue weighted by molar-refractivity contribution is 6.34. The molecule has 1 N–H and O–H groups in total. The van der Waals surface area contributed by atoms with Gasteiger partial charge >= 0.3 is 11.8 Å². The van der Waals surface area contributed by atoms with Gasteiger partial charge in [0, 0.05) is 31.4 Å². The Labute approximate surface area is 138 Å². The minimum atomic E-state index is -0.213. The second-order valence-electron chi connectivity index (χ2n) is 5.77. The smallest absolute Gasteiger partial charge is 0.316 e. The zero-order valence-electron chi connectivity index (χ0n) is 12.5. The van der Waals surface area contributed by atoms with Crippen LogP contribution in [0.25, 0.3) is 11.4 Å². The number of fused-ring (bicyclic) bond motifs is 1. The average molecular weight is 334 g/mol. The van der Waals surface area contributed by atoms with Crippen molar-refractivity contribution in [1.29, 1.82) is 0 Å². The molecule has 4 rings (SSSR count). The highest BCUT2D eigenvalue weighted by atomic mass is 35.5. The molecular formula is C15H16ClN5O2. The molecule has 23 heavy (non-hydrogen) atoms. The Morgan fingerprint density at radius 2 is 2.13 bits per heavy atom. The van der Waals surface area contributed by atoms with E-state index < -0.39 is 0 Å². The first-order valence-electron chi connectivity index (χ1n) is 7.78. The van der Waals surface area contributed by atoms with Crippen LogP contribution in [0, 0.1) is 0 Å². The summed E-state index contributed by atoms with van der Waals surface area (Å²) in [6.45, 7) is 2.29. The molecule has 0 atom stereocenters. The normalized spacial score (nSPS) is 17.0. The molecule has 120 valence electrons. The minimum absolute atomic E-state index is 0.0107. The molecule has 2 aliphatic rings. The van der Waals surface area contributed by atoms with Crippen LogP contribution in [0.15, 0.2) is 10.7 Å². The molecule has 0 spiro atoms. The zero-order chi connectivity index (χ0) is 15.8. The number of hydrogen-bond donors (Lipinski definition) is 1. The van der Waals surface area contributed by atoms with Crippen LogP contribution in [0.3, 0.4) is 0 Å². The number of carbonyl (C=O) groups is 1. The largest absolute Gasteiger partial charge is 0.369 e. The van der Waals surface area contributed by atoms with Gasteiger partial charge in [0.1, 0.15) is 5.82 Å². The molecule has 2 aromatic heterocycles. The Bertz CT molecular complexity index is 754. The van der Waals surface area contributed by atoms with Crippen molar-refractivity contribution >= 4 is 23.3 Å². The summed E-state index contributed by atoms with van der Waals surface area (Å²) in [4.78, 5) is 22.7. The molecule has 0 radical (unpaired) electrons. The second-order valence-corrected chi connectivity index (χ2v) is 6.14. The molecule has 1 saturated heterocycles. The van der Waals surface area contributed by atoms with E-state index in [0.717, 1.165) is 56.7 Å². The van der Waals surface area contributed by atoms with Gasteiger partial charge in [-0.1, -0.05) is 16.8 Å². The van der Waals surface area contributed by atoms with Crippen molar-refractivity contribution in [3.63, 3.8) is 0 Å². The Morgan fingerprint density at radius 1 is 1.30 bits per heavy atom. The number of amides is 1. The van der Waals surface area contributed by atoms with Crippen molar-refractivity contribution in [2.75, 3.05) is 25.0 Å². The summed E-state index contributed by atoms with van der Waals surface area (Å²) in [5.74, 6) is 0.899. The number of aromatic nitrogens is 3. The lowest BCUT2D eigenvalue weighted by Crippen LogP contribution is -2.35. The summed E-state index contributed by atoms with van der Waals surface area (Å²) in [6, 6.07) is 0. The van der Waals surface area contributed by atoms with E-state index in [1.807, 2.05) is 0 Å². The fraction of sp³-hybridized carbons (Fsp3) is 0.467. The highest BCUT2D eigenvalue weighted by Gasteiger charge is 2.26. The van der Waals surface area contributed by atoms with Gasteiger partial charge in [-0.25, -0.2) is 4.98 Å². The van der Waals surface area contributed by atoms with E-state index in [0.29, 0.717) is 16.4 Å². The topological polar surface area (TPSA) is 84.2 Å². The van der Waals surface area contributed by atoms with E-state index in [1.165, 1.54) is 0 Å². The predicted molar refractivity (Wildman–Crippen MR) is 84.5 cm³/mol. The monoisotopic (exact) mass is 333 g/mol.